The first-order valence-electron chi connectivity index (χ1n) is 5.88. The lowest BCUT2D eigenvalue weighted by molar-refractivity contribution is -0.123. The van der Waals surface area contributed by atoms with E-state index in [0.29, 0.717) is 13.2 Å². The molecule has 1 aromatic rings. The summed E-state index contributed by atoms with van der Waals surface area (Å²) in [7, 11) is 1.63. The highest BCUT2D eigenvalue weighted by molar-refractivity contribution is 5.82. The summed E-state index contributed by atoms with van der Waals surface area (Å²) < 4.78 is 4.90. The van der Waals surface area contributed by atoms with Crippen LogP contribution in [0.25, 0.3) is 0 Å². The van der Waals surface area contributed by atoms with Gasteiger partial charge in [0.2, 0.25) is 5.91 Å². The molecule has 0 radical (unpaired) electrons. The average Bonchev–Trinajstić information content (AvgIpc) is 2.38. The molecular formula is C13H18N2O2. The zero-order valence-corrected chi connectivity index (χ0v) is 10.0. The van der Waals surface area contributed by atoms with E-state index in [1.165, 1.54) is 11.1 Å². The highest BCUT2D eigenvalue weighted by Gasteiger charge is 2.23. The summed E-state index contributed by atoms with van der Waals surface area (Å²) in [6.07, 6.45) is 0.759. The molecule has 1 atom stereocenters. The van der Waals surface area contributed by atoms with Crippen LogP contribution in [0.5, 0.6) is 0 Å². The van der Waals surface area contributed by atoms with E-state index in [1.54, 1.807) is 7.11 Å². The van der Waals surface area contributed by atoms with Gasteiger partial charge >= 0.3 is 0 Å². The minimum absolute atomic E-state index is 0.0524. The average molecular weight is 234 g/mol. The first kappa shape index (κ1) is 12.1. The molecule has 92 valence electrons. The number of methoxy groups -OCH3 is 1. The lowest BCUT2D eigenvalue weighted by Gasteiger charge is -2.25. The Morgan fingerprint density at radius 1 is 1.47 bits per heavy atom. The Bertz CT molecular complexity index is 393. The summed E-state index contributed by atoms with van der Waals surface area (Å²) in [5.41, 5.74) is 2.55. The summed E-state index contributed by atoms with van der Waals surface area (Å²) in [5, 5.41) is 6.11. The van der Waals surface area contributed by atoms with Crippen LogP contribution in [0.15, 0.2) is 24.3 Å². The smallest absolute Gasteiger partial charge is 0.237 e. The van der Waals surface area contributed by atoms with Crippen LogP contribution in [0.4, 0.5) is 0 Å². The van der Waals surface area contributed by atoms with Gasteiger partial charge in [0, 0.05) is 20.2 Å². The first-order chi connectivity index (χ1) is 8.31. The standard InChI is InChI=1S/C13H18N2O2/c1-17-7-6-14-13(16)12-8-10-4-2-3-5-11(10)9-15-12/h2-5,12,15H,6-9H2,1H3,(H,14,16)/t12-/m1/s1. The molecule has 0 saturated heterocycles. The van der Waals surface area contributed by atoms with Gasteiger partial charge in [-0.2, -0.15) is 0 Å². The van der Waals surface area contributed by atoms with Crippen LogP contribution in [0, 0.1) is 0 Å². The fourth-order valence-electron chi connectivity index (χ4n) is 2.04. The molecule has 0 saturated carbocycles. The zero-order valence-electron chi connectivity index (χ0n) is 10.0. The first-order valence-corrected chi connectivity index (χ1v) is 5.88. The van der Waals surface area contributed by atoms with Crippen LogP contribution in [0.3, 0.4) is 0 Å². The number of nitrogens with one attached hydrogen (secondary N) is 2. The van der Waals surface area contributed by atoms with Crippen molar-refractivity contribution in [2.24, 2.45) is 0 Å². The third kappa shape index (κ3) is 3.05. The van der Waals surface area contributed by atoms with Crippen LogP contribution in [0.2, 0.25) is 0 Å². The van der Waals surface area contributed by atoms with Gasteiger partial charge < -0.3 is 15.4 Å². The van der Waals surface area contributed by atoms with E-state index in [0.717, 1.165) is 13.0 Å². The molecule has 0 spiro atoms. The normalized spacial score (nSPS) is 18.5. The predicted molar refractivity (Wildman–Crippen MR) is 65.7 cm³/mol. The molecule has 0 aromatic heterocycles. The van der Waals surface area contributed by atoms with E-state index < -0.39 is 0 Å². The van der Waals surface area contributed by atoms with Crippen molar-refractivity contribution in [3.63, 3.8) is 0 Å². The second kappa shape index (κ2) is 5.80. The molecular weight excluding hydrogens is 216 g/mol. The number of hydrogen-bond acceptors (Lipinski definition) is 3. The van der Waals surface area contributed by atoms with Crippen LogP contribution >= 0.6 is 0 Å². The van der Waals surface area contributed by atoms with E-state index in [2.05, 4.69) is 22.8 Å². The molecule has 0 unspecified atom stereocenters. The van der Waals surface area contributed by atoms with Gasteiger partial charge in [-0.3, -0.25) is 4.79 Å². The Balaban J connectivity index is 1.91. The van der Waals surface area contributed by atoms with Gasteiger partial charge in [-0.15, -0.1) is 0 Å². The fraction of sp³-hybridized carbons (Fsp3) is 0.462. The van der Waals surface area contributed by atoms with Crippen LogP contribution in [-0.4, -0.2) is 32.2 Å². The van der Waals surface area contributed by atoms with E-state index in [4.69, 9.17) is 4.74 Å². The van der Waals surface area contributed by atoms with Gasteiger partial charge in [0.25, 0.3) is 0 Å². The summed E-state index contributed by atoms with van der Waals surface area (Å²) in [5.74, 6) is 0.0524. The predicted octanol–water partition coefficient (Wildman–Crippen LogP) is 0.463. The Morgan fingerprint density at radius 2 is 2.24 bits per heavy atom. The van der Waals surface area contributed by atoms with Crippen molar-refractivity contribution < 1.29 is 9.53 Å². The maximum atomic E-state index is 11.9. The summed E-state index contributed by atoms with van der Waals surface area (Å²) in [6, 6.07) is 8.11. The highest BCUT2D eigenvalue weighted by atomic mass is 16.5. The third-order valence-electron chi connectivity index (χ3n) is 3.00. The van der Waals surface area contributed by atoms with Gasteiger partial charge in [-0.1, -0.05) is 24.3 Å². The molecule has 2 rings (SSSR count). The van der Waals surface area contributed by atoms with Crippen LogP contribution in [-0.2, 0) is 22.5 Å². The number of ether oxygens (including phenoxy) is 1. The molecule has 0 aliphatic carbocycles. The Hall–Kier alpha value is -1.39. The van der Waals surface area contributed by atoms with Crippen molar-refractivity contribution in [1.29, 1.82) is 0 Å². The maximum Gasteiger partial charge on any atom is 0.237 e. The second-order valence-corrected chi connectivity index (χ2v) is 4.19. The number of carbonyl (C=O) groups excluding carboxylic acids is 1. The van der Waals surface area contributed by atoms with Gasteiger partial charge in [0.05, 0.1) is 12.6 Å². The van der Waals surface area contributed by atoms with Gasteiger partial charge in [0.1, 0.15) is 0 Å². The summed E-state index contributed by atoms with van der Waals surface area (Å²) >= 11 is 0. The molecule has 4 nitrogen and oxygen atoms in total. The number of benzene rings is 1. The molecule has 0 bridgehead atoms. The van der Waals surface area contributed by atoms with Crippen molar-refractivity contribution in [1.82, 2.24) is 10.6 Å². The molecule has 1 aromatic carbocycles. The lowest BCUT2D eigenvalue weighted by Crippen LogP contribution is -2.48. The van der Waals surface area contributed by atoms with Gasteiger partial charge in [-0.05, 0) is 17.5 Å². The largest absolute Gasteiger partial charge is 0.383 e. The number of rotatable bonds is 4. The monoisotopic (exact) mass is 234 g/mol. The van der Waals surface area contributed by atoms with E-state index in [1.807, 2.05) is 12.1 Å². The van der Waals surface area contributed by atoms with Crippen molar-refractivity contribution in [3.8, 4) is 0 Å². The lowest BCUT2D eigenvalue weighted by atomic mass is 9.95. The fourth-order valence-corrected chi connectivity index (χ4v) is 2.04. The number of amides is 1. The highest BCUT2D eigenvalue weighted by Crippen LogP contribution is 2.16. The molecule has 2 N–H and O–H groups in total. The number of fused-ring (bicyclic) bond motifs is 1. The topological polar surface area (TPSA) is 50.4 Å². The molecule has 1 aliphatic heterocycles. The molecule has 4 heteroatoms. The molecule has 1 aliphatic rings. The number of carbonyl (C=O) groups is 1. The quantitative estimate of drug-likeness (QED) is 0.744. The summed E-state index contributed by atoms with van der Waals surface area (Å²) in [6.45, 7) is 1.88. The molecule has 1 heterocycles. The van der Waals surface area contributed by atoms with Crippen molar-refractivity contribution in [2.45, 2.75) is 19.0 Å². The van der Waals surface area contributed by atoms with Crippen molar-refractivity contribution in [3.05, 3.63) is 35.4 Å². The Kier molecular flexibility index (Phi) is 4.12. The molecule has 17 heavy (non-hydrogen) atoms. The van der Waals surface area contributed by atoms with Crippen molar-refractivity contribution in [2.75, 3.05) is 20.3 Å². The molecule has 1 amide bonds. The van der Waals surface area contributed by atoms with Crippen LogP contribution in [0.1, 0.15) is 11.1 Å². The van der Waals surface area contributed by atoms with Crippen molar-refractivity contribution >= 4 is 5.91 Å². The van der Waals surface area contributed by atoms with E-state index >= 15 is 0 Å². The van der Waals surface area contributed by atoms with Crippen LogP contribution < -0.4 is 10.6 Å². The molecule has 0 fully saturated rings. The second-order valence-electron chi connectivity index (χ2n) is 4.19. The van der Waals surface area contributed by atoms with E-state index in [9.17, 15) is 4.79 Å². The van der Waals surface area contributed by atoms with Gasteiger partial charge in [-0.25, -0.2) is 0 Å². The maximum absolute atomic E-state index is 11.9. The minimum Gasteiger partial charge on any atom is -0.383 e. The van der Waals surface area contributed by atoms with E-state index in [-0.39, 0.29) is 11.9 Å². The number of hydrogen-bond donors (Lipinski definition) is 2. The zero-order chi connectivity index (χ0) is 12.1. The minimum atomic E-state index is -0.123. The Labute approximate surface area is 101 Å². The van der Waals surface area contributed by atoms with Gasteiger partial charge in [0.15, 0.2) is 0 Å². The SMILES string of the molecule is COCCNC(=O)[C@H]1Cc2ccccc2CN1. The Morgan fingerprint density at radius 3 is 3.00 bits per heavy atom. The third-order valence-corrected chi connectivity index (χ3v) is 3.00. The summed E-state index contributed by atoms with van der Waals surface area (Å²) in [4.78, 5) is 11.9.